The maximum atomic E-state index is 12.6. The zero-order valence-electron chi connectivity index (χ0n) is 12.7. The predicted molar refractivity (Wildman–Crippen MR) is 98.8 cm³/mol. The zero-order valence-corrected chi connectivity index (χ0v) is 15.9. The van der Waals surface area contributed by atoms with Crippen LogP contribution in [0.3, 0.4) is 0 Å². The minimum absolute atomic E-state index is 0.0590. The van der Waals surface area contributed by atoms with Gasteiger partial charge in [-0.1, -0.05) is 40.2 Å². The molecule has 1 amide bonds. The third-order valence-electron chi connectivity index (χ3n) is 3.86. The molecule has 1 aliphatic rings. The van der Waals surface area contributed by atoms with E-state index in [1.165, 1.54) is 23.5 Å². The summed E-state index contributed by atoms with van der Waals surface area (Å²) in [6, 6.07) is 13.9. The summed E-state index contributed by atoms with van der Waals surface area (Å²) in [5, 5.41) is 2.43. The molecule has 0 atom stereocenters. The van der Waals surface area contributed by atoms with Gasteiger partial charge in [-0.25, -0.2) is 17.7 Å². The van der Waals surface area contributed by atoms with Gasteiger partial charge < -0.3 is 0 Å². The van der Waals surface area contributed by atoms with Gasteiger partial charge in [0.2, 0.25) is 0 Å². The molecule has 3 aromatic rings. The van der Waals surface area contributed by atoms with E-state index < -0.39 is 15.9 Å². The van der Waals surface area contributed by atoms with E-state index in [2.05, 4.69) is 20.9 Å². The third kappa shape index (κ3) is 2.80. The second kappa shape index (κ2) is 6.05. The van der Waals surface area contributed by atoms with Crippen molar-refractivity contribution in [2.24, 2.45) is 0 Å². The Bertz CT molecular complexity index is 1090. The van der Waals surface area contributed by atoms with Gasteiger partial charge >= 0.3 is 0 Å². The molecular formula is C17H11BrN2O3S2. The fourth-order valence-electron chi connectivity index (χ4n) is 2.67. The first-order valence-electron chi connectivity index (χ1n) is 7.33. The van der Waals surface area contributed by atoms with Gasteiger partial charge in [0.25, 0.3) is 15.9 Å². The summed E-state index contributed by atoms with van der Waals surface area (Å²) < 4.78 is 27.0. The lowest BCUT2D eigenvalue weighted by Crippen LogP contribution is -2.29. The summed E-state index contributed by atoms with van der Waals surface area (Å²) in [5.41, 5.74) is 1.89. The molecule has 0 fully saturated rings. The van der Waals surface area contributed by atoms with E-state index in [0.29, 0.717) is 5.01 Å². The van der Waals surface area contributed by atoms with Crippen molar-refractivity contribution < 1.29 is 13.2 Å². The molecule has 4 rings (SSSR count). The van der Waals surface area contributed by atoms with Crippen LogP contribution in [-0.2, 0) is 16.6 Å². The predicted octanol–water partition coefficient (Wildman–Crippen LogP) is 3.92. The molecule has 0 spiro atoms. The lowest BCUT2D eigenvalue weighted by molar-refractivity contribution is 0.0865. The summed E-state index contributed by atoms with van der Waals surface area (Å²) in [7, 11) is -3.81. The van der Waals surface area contributed by atoms with E-state index in [9.17, 15) is 13.2 Å². The number of halogens is 1. The lowest BCUT2D eigenvalue weighted by Gasteiger charge is -2.12. The SMILES string of the molecule is O=C1c2ccccc2S(=O)(=O)N1Cc1nc(-c2cccc(Br)c2)cs1. The highest BCUT2D eigenvalue weighted by atomic mass is 79.9. The molecule has 1 aliphatic heterocycles. The van der Waals surface area contributed by atoms with Gasteiger partial charge in [0, 0.05) is 15.4 Å². The van der Waals surface area contributed by atoms with Gasteiger partial charge in [-0.05, 0) is 24.3 Å². The van der Waals surface area contributed by atoms with Gasteiger partial charge in [-0.3, -0.25) is 4.79 Å². The summed E-state index contributed by atoms with van der Waals surface area (Å²) >= 11 is 4.75. The number of amides is 1. The smallest absolute Gasteiger partial charge is 0.268 e. The van der Waals surface area contributed by atoms with Crippen molar-refractivity contribution in [3.63, 3.8) is 0 Å². The second-order valence-corrected chi connectivity index (χ2v) is 9.14. The molecule has 126 valence electrons. The van der Waals surface area contributed by atoms with Gasteiger partial charge in [0.05, 0.1) is 17.8 Å². The van der Waals surface area contributed by atoms with Crippen molar-refractivity contribution in [3.8, 4) is 11.3 Å². The monoisotopic (exact) mass is 434 g/mol. The summed E-state index contributed by atoms with van der Waals surface area (Å²) in [5.74, 6) is -0.505. The molecule has 1 aromatic heterocycles. The van der Waals surface area contributed by atoms with Crippen LogP contribution in [0.15, 0.2) is 63.3 Å². The number of hydrogen-bond donors (Lipinski definition) is 0. The fourth-order valence-corrected chi connectivity index (χ4v) is 5.48. The molecule has 0 aliphatic carbocycles. The van der Waals surface area contributed by atoms with Crippen molar-refractivity contribution in [2.75, 3.05) is 0 Å². The van der Waals surface area contributed by atoms with E-state index in [1.54, 1.807) is 12.1 Å². The van der Waals surface area contributed by atoms with Crippen LogP contribution < -0.4 is 0 Å². The summed E-state index contributed by atoms with van der Waals surface area (Å²) in [4.78, 5) is 17.0. The van der Waals surface area contributed by atoms with Crippen LogP contribution >= 0.6 is 27.3 Å². The van der Waals surface area contributed by atoms with E-state index >= 15 is 0 Å². The molecule has 0 N–H and O–H groups in total. The summed E-state index contributed by atoms with van der Waals surface area (Å²) in [6.07, 6.45) is 0. The standard InChI is InChI=1S/C17H11BrN2O3S2/c18-12-5-3-4-11(8-12)14-10-24-16(19-14)9-20-17(21)13-6-1-2-7-15(13)25(20,22)23/h1-8,10H,9H2. The topological polar surface area (TPSA) is 67.3 Å². The van der Waals surface area contributed by atoms with E-state index in [4.69, 9.17) is 0 Å². The Morgan fingerprint density at radius 2 is 1.92 bits per heavy atom. The van der Waals surface area contributed by atoms with Crippen LogP contribution in [-0.4, -0.2) is 23.6 Å². The highest BCUT2D eigenvalue weighted by molar-refractivity contribution is 9.10. The largest absolute Gasteiger partial charge is 0.269 e. The van der Waals surface area contributed by atoms with Crippen molar-refractivity contribution in [3.05, 3.63) is 69.0 Å². The highest BCUT2D eigenvalue weighted by Crippen LogP contribution is 2.32. The van der Waals surface area contributed by atoms with Crippen LogP contribution in [0.4, 0.5) is 0 Å². The van der Waals surface area contributed by atoms with Crippen LogP contribution in [0.2, 0.25) is 0 Å². The van der Waals surface area contributed by atoms with Crippen LogP contribution in [0.25, 0.3) is 11.3 Å². The number of hydrogen-bond acceptors (Lipinski definition) is 5. The normalized spacial score (nSPS) is 15.4. The third-order valence-corrected chi connectivity index (χ3v) is 6.98. The number of thiazole rings is 1. The lowest BCUT2D eigenvalue weighted by atomic mass is 10.2. The van der Waals surface area contributed by atoms with Gasteiger partial charge in [0.1, 0.15) is 9.90 Å². The number of rotatable bonds is 3. The van der Waals surface area contributed by atoms with E-state index in [0.717, 1.165) is 20.0 Å². The Morgan fingerprint density at radius 1 is 1.12 bits per heavy atom. The molecule has 0 bridgehead atoms. The minimum atomic E-state index is -3.81. The molecule has 25 heavy (non-hydrogen) atoms. The van der Waals surface area contributed by atoms with Crippen LogP contribution in [0.5, 0.6) is 0 Å². The Balaban J connectivity index is 1.65. The van der Waals surface area contributed by atoms with Gasteiger partial charge in [-0.15, -0.1) is 11.3 Å². The van der Waals surface area contributed by atoms with E-state index in [1.807, 2.05) is 29.6 Å². The quantitative estimate of drug-likeness (QED) is 0.626. The Labute approximate surface area is 157 Å². The first kappa shape index (κ1) is 16.4. The number of benzene rings is 2. The molecule has 0 saturated heterocycles. The van der Waals surface area contributed by atoms with Crippen molar-refractivity contribution >= 4 is 43.2 Å². The number of sulfonamides is 1. The van der Waals surface area contributed by atoms with Gasteiger partial charge in [0.15, 0.2) is 0 Å². The average Bonchev–Trinajstić information content (AvgIpc) is 3.14. The van der Waals surface area contributed by atoms with Crippen LogP contribution in [0, 0.1) is 0 Å². The second-order valence-electron chi connectivity index (χ2n) is 5.45. The number of aromatic nitrogens is 1. The Morgan fingerprint density at radius 3 is 2.68 bits per heavy atom. The Hall–Kier alpha value is -2.03. The first-order valence-corrected chi connectivity index (χ1v) is 10.4. The van der Waals surface area contributed by atoms with E-state index in [-0.39, 0.29) is 17.0 Å². The fraction of sp³-hybridized carbons (Fsp3) is 0.0588. The first-order chi connectivity index (χ1) is 12.0. The van der Waals surface area contributed by atoms with Gasteiger partial charge in [-0.2, -0.15) is 0 Å². The Kier molecular flexibility index (Phi) is 3.98. The zero-order chi connectivity index (χ0) is 17.6. The highest BCUT2D eigenvalue weighted by Gasteiger charge is 2.41. The minimum Gasteiger partial charge on any atom is -0.268 e. The molecular weight excluding hydrogens is 424 g/mol. The molecule has 8 heteroatoms. The number of carbonyl (C=O) groups is 1. The number of fused-ring (bicyclic) bond motifs is 1. The maximum absolute atomic E-state index is 12.6. The van der Waals surface area contributed by atoms with Crippen molar-refractivity contribution in [1.82, 2.24) is 9.29 Å². The number of carbonyl (C=O) groups excluding carboxylic acids is 1. The average molecular weight is 435 g/mol. The molecule has 0 saturated carbocycles. The molecule has 0 unspecified atom stereocenters. The van der Waals surface area contributed by atoms with Crippen molar-refractivity contribution in [2.45, 2.75) is 11.4 Å². The number of nitrogens with zero attached hydrogens (tertiary/aromatic N) is 2. The molecule has 5 nitrogen and oxygen atoms in total. The molecule has 0 radical (unpaired) electrons. The van der Waals surface area contributed by atoms with Crippen LogP contribution in [0.1, 0.15) is 15.4 Å². The maximum Gasteiger partial charge on any atom is 0.269 e. The molecule has 2 aromatic carbocycles. The molecule has 2 heterocycles. The summed E-state index contributed by atoms with van der Waals surface area (Å²) in [6.45, 7) is -0.0610. The van der Waals surface area contributed by atoms with Crippen molar-refractivity contribution in [1.29, 1.82) is 0 Å².